The molecule has 0 spiro atoms. The van der Waals surface area contributed by atoms with Gasteiger partial charge in [0.1, 0.15) is 5.41 Å². The molecule has 0 bridgehead atoms. The standard InChI is InChI=1S/C14H17NO3S/c1-10-4-3-5-12(11(10)2)13(16)14(8-15)6-7-19(17,18)9-14/h3-5,13,16H,6-7,9H2,1-2H3. The Morgan fingerprint density at radius 3 is 2.63 bits per heavy atom. The van der Waals surface area contributed by atoms with Crippen molar-refractivity contribution in [3.8, 4) is 6.07 Å². The Morgan fingerprint density at radius 1 is 1.42 bits per heavy atom. The van der Waals surface area contributed by atoms with Crippen molar-refractivity contribution in [2.75, 3.05) is 11.5 Å². The first kappa shape index (κ1) is 14.0. The monoisotopic (exact) mass is 279 g/mol. The highest BCUT2D eigenvalue weighted by Crippen LogP contribution is 2.43. The van der Waals surface area contributed by atoms with Crippen molar-refractivity contribution in [2.45, 2.75) is 26.4 Å². The highest BCUT2D eigenvalue weighted by atomic mass is 32.2. The molecule has 0 aromatic heterocycles. The molecule has 0 saturated carbocycles. The molecule has 1 heterocycles. The Hall–Kier alpha value is -1.38. The van der Waals surface area contributed by atoms with Crippen molar-refractivity contribution < 1.29 is 13.5 Å². The minimum atomic E-state index is -3.22. The average molecular weight is 279 g/mol. The molecule has 1 fully saturated rings. The third kappa shape index (κ3) is 2.38. The molecule has 0 radical (unpaired) electrons. The fourth-order valence-corrected chi connectivity index (χ4v) is 4.58. The molecule has 0 amide bonds. The van der Waals surface area contributed by atoms with Gasteiger partial charge in [-0.15, -0.1) is 0 Å². The van der Waals surface area contributed by atoms with Gasteiger partial charge < -0.3 is 5.11 Å². The predicted octanol–water partition coefficient (Wildman–Crippen LogP) is 1.67. The van der Waals surface area contributed by atoms with Crippen LogP contribution in [0.25, 0.3) is 0 Å². The highest BCUT2D eigenvalue weighted by Gasteiger charge is 2.48. The topological polar surface area (TPSA) is 78.2 Å². The maximum absolute atomic E-state index is 11.6. The number of aryl methyl sites for hydroxylation is 1. The SMILES string of the molecule is Cc1cccc(C(O)C2(C#N)CCS(=O)(=O)C2)c1C. The average Bonchev–Trinajstić information content (AvgIpc) is 2.69. The highest BCUT2D eigenvalue weighted by molar-refractivity contribution is 7.91. The summed E-state index contributed by atoms with van der Waals surface area (Å²) in [4.78, 5) is 0. The van der Waals surface area contributed by atoms with Gasteiger partial charge in [-0.3, -0.25) is 0 Å². The summed E-state index contributed by atoms with van der Waals surface area (Å²) in [6, 6.07) is 7.55. The fourth-order valence-electron chi connectivity index (χ4n) is 2.61. The molecule has 1 aliphatic rings. The number of aliphatic hydroxyl groups excluding tert-OH is 1. The normalized spacial score (nSPS) is 26.8. The minimum absolute atomic E-state index is 0.0253. The summed E-state index contributed by atoms with van der Waals surface area (Å²) >= 11 is 0. The molecule has 2 atom stereocenters. The summed E-state index contributed by atoms with van der Waals surface area (Å²) in [7, 11) is -3.22. The number of hydrogen-bond acceptors (Lipinski definition) is 4. The molecule has 2 rings (SSSR count). The van der Waals surface area contributed by atoms with E-state index < -0.39 is 21.4 Å². The molecule has 1 aromatic carbocycles. The summed E-state index contributed by atoms with van der Waals surface area (Å²) in [6.45, 7) is 3.80. The molecule has 19 heavy (non-hydrogen) atoms. The van der Waals surface area contributed by atoms with Crippen molar-refractivity contribution in [2.24, 2.45) is 5.41 Å². The number of nitrogens with zero attached hydrogens (tertiary/aromatic N) is 1. The van der Waals surface area contributed by atoms with Gasteiger partial charge in [0.25, 0.3) is 0 Å². The molecule has 4 nitrogen and oxygen atoms in total. The first-order valence-electron chi connectivity index (χ1n) is 6.17. The second kappa shape index (κ2) is 4.62. The van der Waals surface area contributed by atoms with Crippen molar-refractivity contribution >= 4 is 9.84 Å². The van der Waals surface area contributed by atoms with Gasteiger partial charge >= 0.3 is 0 Å². The van der Waals surface area contributed by atoms with Gasteiger partial charge in [-0.1, -0.05) is 18.2 Å². The van der Waals surface area contributed by atoms with E-state index >= 15 is 0 Å². The number of aliphatic hydroxyl groups is 1. The van der Waals surface area contributed by atoms with Crippen LogP contribution in [0.2, 0.25) is 0 Å². The maximum Gasteiger partial charge on any atom is 0.152 e. The summed E-state index contributed by atoms with van der Waals surface area (Å²) in [5.41, 5.74) is 1.37. The summed E-state index contributed by atoms with van der Waals surface area (Å²) in [6.07, 6.45) is -0.866. The van der Waals surface area contributed by atoms with Gasteiger partial charge in [-0.05, 0) is 37.0 Å². The zero-order chi connectivity index (χ0) is 14.3. The first-order valence-corrected chi connectivity index (χ1v) is 7.99. The fraction of sp³-hybridized carbons (Fsp3) is 0.500. The number of nitriles is 1. The smallest absolute Gasteiger partial charge is 0.152 e. The molecule has 1 aromatic rings. The second-order valence-electron chi connectivity index (χ2n) is 5.30. The number of rotatable bonds is 2. The predicted molar refractivity (Wildman–Crippen MR) is 72.2 cm³/mol. The lowest BCUT2D eigenvalue weighted by molar-refractivity contribution is 0.0787. The van der Waals surface area contributed by atoms with E-state index in [1.807, 2.05) is 32.0 Å². The molecule has 1 aliphatic heterocycles. The van der Waals surface area contributed by atoms with Crippen LogP contribution in [-0.2, 0) is 9.84 Å². The summed E-state index contributed by atoms with van der Waals surface area (Å²) in [5.74, 6) is -0.284. The van der Waals surface area contributed by atoms with Crippen molar-refractivity contribution in [1.82, 2.24) is 0 Å². The summed E-state index contributed by atoms with van der Waals surface area (Å²) in [5, 5.41) is 19.9. The van der Waals surface area contributed by atoms with E-state index in [0.717, 1.165) is 11.1 Å². The van der Waals surface area contributed by atoms with E-state index in [4.69, 9.17) is 0 Å². The number of benzene rings is 1. The molecule has 1 saturated heterocycles. The van der Waals surface area contributed by atoms with Gasteiger partial charge in [0.15, 0.2) is 9.84 Å². The van der Waals surface area contributed by atoms with E-state index in [2.05, 4.69) is 0 Å². The molecule has 102 valence electrons. The van der Waals surface area contributed by atoms with Crippen molar-refractivity contribution in [3.05, 3.63) is 34.9 Å². The van der Waals surface area contributed by atoms with E-state index in [1.54, 1.807) is 6.07 Å². The molecule has 2 unspecified atom stereocenters. The van der Waals surface area contributed by atoms with Gasteiger partial charge in [0, 0.05) is 0 Å². The molecular formula is C14H17NO3S. The third-order valence-corrected chi connectivity index (χ3v) is 5.80. The van der Waals surface area contributed by atoms with Crippen LogP contribution in [0, 0.1) is 30.6 Å². The molecular weight excluding hydrogens is 262 g/mol. The zero-order valence-electron chi connectivity index (χ0n) is 11.0. The van der Waals surface area contributed by atoms with Crippen LogP contribution in [-0.4, -0.2) is 25.0 Å². The quantitative estimate of drug-likeness (QED) is 0.893. The molecule has 5 heteroatoms. The van der Waals surface area contributed by atoms with E-state index in [0.29, 0.717) is 5.56 Å². The Bertz CT molecular complexity index is 645. The van der Waals surface area contributed by atoms with Gasteiger partial charge in [-0.25, -0.2) is 8.42 Å². The number of sulfone groups is 1. The van der Waals surface area contributed by atoms with Crippen LogP contribution in [0.1, 0.15) is 29.2 Å². The van der Waals surface area contributed by atoms with Crippen LogP contribution in [0.4, 0.5) is 0 Å². The van der Waals surface area contributed by atoms with E-state index in [-0.39, 0.29) is 17.9 Å². The van der Waals surface area contributed by atoms with Crippen LogP contribution in [0.3, 0.4) is 0 Å². The van der Waals surface area contributed by atoms with Gasteiger partial charge in [0.2, 0.25) is 0 Å². The summed E-state index contributed by atoms with van der Waals surface area (Å²) < 4.78 is 23.3. The largest absolute Gasteiger partial charge is 0.387 e. The minimum Gasteiger partial charge on any atom is -0.387 e. The second-order valence-corrected chi connectivity index (χ2v) is 7.49. The Balaban J connectivity index is 2.46. The lowest BCUT2D eigenvalue weighted by atomic mass is 9.78. The van der Waals surface area contributed by atoms with Crippen LogP contribution >= 0.6 is 0 Å². The Labute approximate surface area is 113 Å². The van der Waals surface area contributed by atoms with Crippen molar-refractivity contribution in [1.29, 1.82) is 5.26 Å². The molecule has 0 aliphatic carbocycles. The number of hydrogen-bond donors (Lipinski definition) is 1. The van der Waals surface area contributed by atoms with Crippen LogP contribution in [0.5, 0.6) is 0 Å². The Kier molecular flexibility index (Phi) is 3.41. The first-order chi connectivity index (χ1) is 8.81. The van der Waals surface area contributed by atoms with Gasteiger partial charge in [-0.2, -0.15) is 5.26 Å². The zero-order valence-corrected chi connectivity index (χ0v) is 11.9. The lowest BCUT2D eigenvalue weighted by Gasteiger charge is -2.27. The maximum atomic E-state index is 11.6. The van der Waals surface area contributed by atoms with E-state index in [9.17, 15) is 18.8 Å². The van der Waals surface area contributed by atoms with E-state index in [1.165, 1.54) is 0 Å². The lowest BCUT2D eigenvalue weighted by Crippen LogP contribution is -2.29. The third-order valence-electron chi connectivity index (χ3n) is 4.02. The van der Waals surface area contributed by atoms with Crippen molar-refractivity contribution in [3.63, 3.8) is 0 Å². The molecule has 1 N–H and O–H groups in total. The van der Waals surface area contributed by atoms with Gasteiger partial charge in [0.05, 0.1) is 23.7 Å². The Morgan fingerprint density at radius 2 is 2.11 bits per heavy atom. The van der Waals surface area contributed by atoms with Crippen LogP contribution in [0.15, 0.2) is 18.2 Å². The van der Waals surface area contributed by atoms with Crippen LogP contribution < -0.4 is 0 Å².